The fraction of sp³-hybridized carbons (Fsp3) is 0.524. The predicted molar refractivity (Wildman–Crippen MR) is 104 cm³/mol. The van der Waals surface area contributed by atoms with Gasteiger partial charge in [-0.15, -0.1) is 0 Å². The molecule has 0 atom stereocenters. The monoisotopic (exact) mass is 387 g/mol. The summed E-state index contributed by atoms with van der Waals surface area (Å²) in [5.74, 6) is 0.390. The Hall–Kier alpha value is -2.57. The first kappa shape index (κ1) is 18.8. The van der Waals surface area contributed by atoms with Gasteiger partial charge in [-0.05, 0) is 42.9 Å². The molecule has 2 aliphatic rings. The summed E-state index contributed by atoms with van der Waals surface area (Å²) in [5.41, 5.74) is 1.27. The van der Waals surface area contributed by atoms with E-state index in [1.165, 1.54) is 44.9 Å². The molecule has 2 heterocycles. The standard InChI is InChI=1S/C21H26FN3O3/c1-24(2)19-17(20(26)25-11-10-21(13-25)8-4-5-9-21)18(28-23-19)14-6-7-15(22)16(12-14)27-3/h6-7,12H,4-5,8-11,13H2,1-3H3. The summed E-state index contributed by atoms with van der Waals surface area (Å²) < 4.78 is 24.5. The summed E-state index contributed by atoms with van der Waals surface area (Å²) >= 11 is 0. The Morgan fingerprint density at radius 3 is 2.71 bits per heavy atom. The van der Waals surface area contributed by atoms with Crippen molar-refractivity contribution in [1.29, 1.82) is 0 Å². The number of carbonyl (C=O) groups excluding carboxylic acids is 1. The predicted octanol–water partition coefficient (Wildman–Crippen LogP) is 3.96. The molecule has 6 nitrogen and oxygen atoms in total. The van der Waals surface area contributed by atoms with Crippen LogP contribution in [0.4, 0.5) is 10.2 Å². The summed E-state index contributed by atoms with van der Waals surface area (Å²) in [6.07, 6.45) is 5.95. The van der Waals surface area contributed by atoms with Crippen LogP contribution < -0.4 is 9.64 Å². The lowest BCUT2D eigenvalue weighted by molar-refractivity contribution is 0.0774. The zero-order chi connectivity index (χ0) is 19.9. The minimum Gasteiger partial charge on any atom is -0.494 e. The lowest BCUT2D eigenvalue weighted by atomic mass is 9.86. The zero-order valence-electron chi connectivity index (χ0n) is 16.6. The molecule has 2 aromatic rings. The number of likely N-dealkylation sites (tertiary alicyclic amines) is 1. The molecule has 0 bridgehead atoms. The highest BCUT2D eigenvalue weighted by molar-refractivity contribution is 6.04. The molecule has 1 aromatic heterocycles. The van der Waals surface area contributed by atoms with Gasteiger partial charge in [0.1, 0.15) is 5.56 Å². The van der Waals surface area contributed by atoms with Crippen LogP contribution in [0.1, 0.15) is 42.5 Å². The molecule has 1 amide bonds. The van der Waals surface area contributed by atoms with Crippen LogP contribution >= 0.6 is 0 Å². The van der Waals surface area contributed by atoms with Crippen LogP contribution in [-0.4, -0.2) is 50.3 Å². The average molecular weight is 387 g/mol. The number of hydrogen-bond donors (Lipinski definition) is 0. The van der Waals surface area contributed by atoms with E-state index in [4.69, 9.17) is 9.26 Å². The Labute approximate surface area is 164 Å². The van der Waals surface area contributed by atoms with E-state index < -0.39 is 5.82 Å². The average Bonchev–Trinajstić information content (AvgIpc) is 3.42. The van der Waals surface area contributed by atoms with Gasteiger partial charge in [-0.2, -0.15) is 0 Å². The molecule has 1 spiro atoms. The Balaban J connectivity index is 1.71. The topological polar surface area (TPSA) is 58.8 Å². The molecule has 0 N–H and O–H groups in total. The highest BCUT2D eigenvalue weighted by Crippen LogP contribution is 2.46. The van der Waals surface area contributed by atoms with Crippen molar-refractivity contribution in [3.8, 4) is 17.1 Å². The minimum atomic E-state index is -0.464. The summed E-state index contributed by atoms with van der Waals surface area (Å²) in [7, 11) is 5.06. The number of benzene rings is 1. The molecule has 0 radical (unpaired) electrons. The molecule has 0 unspecified atom stereocenters. The van der Waals surface area contributed by atoms with Crippen molar-refractivity contribution in [2.24, 2.45) is 5.41 Å². The summed E-state index contributed by atoms with van der Waals surface area (Å²) in [6, 6.07) is 4.43. The van der Waals surface area contributed by atoms with Crippen molar-refractivity contribution in [1.82, 2.24) is 10.1 Å². The van der Waals surface area contributed by atoms with E-state index in [1.54, 1.807) is 11.0 Å². The van der Waals surface area contributed by atoms with Crippen molar-refractivity contribution in [2.75, 3.05) is 39.2 Å². The van der Waals surface area contributed by atoms with Crippen LogP contribution in [-0.2, 0) is 0 Å². The molecule has 150 valence electrons. The Morgan fingerprint density at radius 1 is 1.29 bits per heavy atom. The second-order valence-electron chi connectivity index (χ2n) is 8.14. The number of ether oxygens (including phenoxy) is 1. The number of amides is 1. The Bertz CT molecular complexity index is 887. The molecule has 7 heteroatoms. The molecule has 28 heavy (non-hydrogen) atoms. The van der Waals surface area contributed by atoms with E-state index in [0.29, 0.717) is 22.7 Å². The minimum absolute atomic E-state index is 0.0768. The highest BCUT2D eigenvalue weighted by Gasteiger charge is 2.43. The maximum atomic E-state index is 13.8. The second-order valence-corrected chi connectivity index (χ2v) is 8.14. The smallest absolute Gasteiger partial charge is 0.261 e. The number of halogens is 1. The van der Waals surface area contributed by atoms with Gasteiger partial charge in [0.2, 0.25) is 0 Å². The van der Waals surface area contributed by atoms with E-state index in [1.807, 2.05) is 19.0 Å². The van der Waals surface area contributed by atoms with Crippen molar-refractivity contribution in [3.05, 3.63) is 29.6 Å². The van der Waals surface area contributed by atoms with Gasteiger partial charge in [-0.3, -0.25) is 4.79 Å². The number of hydrogen-bond acceptors (Lipinski definition) is 5. The first-order valence-corrected chi connectivity index (χ1v) is 9.74. The summed E-state index contributed by atoms with van der Waals surface area (Å²) in [6.45, 7) is 1.54. The van der Waals surface area contributed by atoms with Gasteiger partial charge >= 0.3 is 0 Å². The number of aromatic nitrogens is 1. The summed E-state index contributed by atoms with van der Waals surface area (Å²) in [5, 5.41) is 4.12. The highest BCUT2D eigenvalue weighted by atomic mass is 19.1. The van der Waals surface area contributed by atoms with Gasteiger partial charge in [0, 0.05) is 32.7 Å². The van der Waals surface area contributed by atoms with Gasteiger partial charge < -0.3 is 19.1 Å². The normalized spacial score (nSPS) is 18.1. The fourth-order valence-electron chi connectivity index (χ4n) is 4.58. The lowest BCUT2D eigenvalue weighted by Crippen LogP contribution is -2.32. The maximum Gasteiger partial charge on any atom is 0.261 e. The molecule has 4 rings (SSSR count). The first-order valence-electron chi connectivity index (χ1n) is 9.74. The van der Waals surface area contributed by atoms with Crippen molar-refractivity contribution >= 4 is 11.7 Å². The number of nitrogens with zero attached hydrogens (tertiary/aromatic N) is 3. The van der Waals surface area contributed by atoms with E-state index >= 15 is 0 Å². The van der Waals surface area contributed by atoms with Crippen LogP contribution in [0.3, 0.4) is 0 Å². The van der Waals surface area contributed by atoms with Crippen LogP contribution in [0.25, 0.3) is 11.3 Å². The molecule has 1 saturated heterocycles. The molecule has 1 saturated carbocycles. The second kappa shape index (κ2) is 7.11. The molecule has 1 aliphatic heterocycles. The van der Waals surface area contributed by atoms with Crippen molar-refractivity contribution in [3.63, 3.8) is 0 Å². The van der Waals surface area contributed by atoms with Gasteiger partial charge in [0.25, 0.3) is 5.91 Å². The number of anilines is 1. The van der Waals surface area contributed by atoms with Gasteiger partial charge in [-0.1, -0.05) is 18.0 Å². The van der Waals surface area contributed by atoms with E-state index in [0.717, 1.165) is 19.5 Å². The fourth-order valence-corrected chi connectivity index (χ4v) is 4.58. The van der Waals surface area contributed by atoms with Crippen molar-refractivity contribution in [2.45, 2.75) is 32.1 Å². The van der Waals surface area contributed by atoms with Crippen LogP contribution in [0.2, 0.25) is 0 Å². The number of carbonyl (C=O) groups is 1. The third-order valence-electron chi connectivity index (χ3n) is 6.11. The van der Waals surface area contributed by atoms with Gasteiger partial charge in [0.05, 0.1) is 7.11 Å². The molecular formula is C21H26FN3O3. The number of methoxy groups -OCH3 is 1. The first-order chi connectivity index (χ1) is 13.4. The van der Waals surface area contributed by atoms with Crippen LogP contribution in [0.15, 0.2) is 22.7 Å². The van der Waals surface area contributed by atoms with E-state index in [-0.39, 0.29) is 17.1 Å². The molecule has 2 fully saturated rings. The van der Waals surface area contributed by atoms with E-state index in [2.05, 4.69) is 5.16 Å². The van der Waals surface area contributed by atoms with Crippen LogP contribution in [0, 0.1) is 11.2 Å². The lowest BCUT2D eigenvalue weighted by Gasteiger charge is -2.24. The third kappa shape index (κ3) is 3.12. The molecule has 1 aliphatic carbocycles. The molecule has 1 aromatic carbocycles. The zero-order valence-corrected chi connectivity index (χ0v) is 16.6. The largest absolute Gasteiger partial charge is 0.494 e. The van der Waals surface area contributed by atoms with Crippen LogP contribution in [0.5, 0.6) is 5.75 Å². The van der Waals surface area contributed by atoms with Gasteiger partial charge in [-0.25, -0.2) is 4.39 Å². The number of rotatable bonds is 4. The third-order valence-corrected chi connectivity index (χ3v) is 6.11. The van der Waals surface area contributed by atoms with E-state index in [9.17, 15) is 9.18 Å². The summed E-state index contributed by atoms with van der Waals surface area (Å²) in [4.78, 5) is 17.2. The Morgan fingerprint density at radius 2 is 2.04 bits per heavy atom. The van der Waals surface area contributed by atoms with Gasteiger partial charge in [0.15, 0.2) is 23.1 Å². The maximum absolute atomic E-state index is 13.8. The van der Waals surface area contributed by atoms with Crippen molar-refractivity contribution < 1.29 is 18.4 Å². The quantitative estimate of drug-likeness (QED) is 0.795. The Kier molecular flexibility index (Phi) is 4.77. The SMILES string of the molecule is COc1cc(-c2onc(N(C)C)c2C(=O)N2CCC3(CCCC3)C2)ccc1F. The molecular weight excluding hydrogens is 361 g/mol.